The number of phenolic OH excluding ortho intramolecular Hbond substituents is 1. The third-order valence-corrected chi connectivity index (χ3v) is 4.11. The molecule has 23 heavy (non-hydrogen) atoms. The SMILES string of the molecule is O=C(NCC1(c2ccncc2)CC1)c1cc(F)c(F)c(O)c1F. The maximum Gasteiger partial charge on any atom is 0.254 e. The number of pyridine rings is 1. The van der Waals surface area contributed by atoms with E-state index in [1.165, 1.54) is 0 Å². The van der Waals surface area contributed by atoms with Crippen LogP contribution >= 0.6 is 0 Å². The summed E-state index contributed by atoms with van der Waals surface area (Å²) in [6.45, 7) is 0.231. The smallest absolute Gasteiger partial charge is 0.254 e. The molecule has 2 aromatic rings. The molecule has 7 heteroatoms. The van der Waals surface area contributed by atoms with E-state index in [1.54, 1.807) is 12.4 Å². The number of aromatic hydroxyl groups is 1. The zero-order chi connectivity index (χ0) is 16.6. The fraction of sp³-hybridized carbons (Fsp3) is 0.250. The molecule has 0 atom stereocenters. The number of nitrogens with one attached hydrogen (secondary N) is 1. The Hall–Kier alpha value is -2.57. The Balaban J connectivity index is 1.76. The van der Waals surface area contributed by atoms with Gasteiger partial charge in [-0.2, -0.15) is 4.39 Å². The van der Waals surface area contributed by atoms with Crippen molar-refractivity contribution in [3.8, 4) is 5.75 Å². The van der Waals surface area contributed by atoms with Crippen molar-refractivity contribution in [3.63, 3.8) is 0 Å². The summed E-state index contributed by atoms with van der Waals surface area (Å²) < 4.78 is 40.0. The average Bonchev–Trinajstić information content (AvgIpc) is 3.36. The molecule has 2 N–H and O–H groups in total. The van der Waals surface area contributed by atoms with Crippen LogP contribution < -0.4 is 5.32 Å². The van der Waals surface area contributed by atoms with E-state index in [-0.39, 0.29) is 12.0 Å². The number of carbonyl (C=O) groups is 1. The molecule has 3 rings (SSSR count). The van der Waals surface area contributed by atoms with Gasteiger partial charge < -0.3 is 10.4 Å². The van der Waals surface area contributed by atoms with Crippen LogP contribution in [0.25, 0.3) is 0 Å². The molecule has 1 aliphatic rings. The zero-order valence-electron chi connectivity index (χ0n) is 11.9. The van der Waals surface area contributed by atoms with Gasteiger partial charge >= 0.3 is 0 Å². The second-order valence-electron chi connectivity index (χ2n) is 5.58. The average molecular weight is 322 g/mol. The Kier molecular flexibility index (Phi) is 3.71. The molecule has 0 bridgehead atoms. The number of amides is 1. The molecule has 4 nitrogen and oxygen atoms in total. The van der Waals surface area contributed by atoms with Gasteiger partial charge in [0.05, 0.1) is 5.56 Å². The van der Waals surface area contributed by atoms with Gasteiger partial charge in [0.2, 0.25) is 5.82 Å². The number of halogens is 3. The number of carbonyl (C=O) groups excluding carboxylic acids is 1. The minimum absolute atomic E-state index is 0.231. The van der Waals surface area contributed by atoms with Gasteiger partial charge in [0.1, 0.15) is 0 Å². The molecule has 1 aliphatic carbocycles. The number of hydrogen-bond donors (Lipinski definition) is 2. The highest BCUT2D eigenvalue weighted by molar-refractivity contribution is 5.95. The molecular weight excluding hydrogens is 309 g/mol. The van der Waals surface area contributed by atoms with Crippen LogP contribution in [-0.4, -0.2) is 22.5 Å². The number of nitrogens with zero attached hydrogens (tertiary/aromatic N) is 1. The number of phenols is 1. The lowest BCUT2D eigenvalue weighted by Crippen LogP contribution is -2.33. The van der Waals surface area contributed by atoms with Crippen LogP contribution in [0.15, 0.2) is 30.6 Å². The molecule has 120 valence electrons. The quantitative estimate of drug-likeness (QED) is 0.851. The summed E-state index contributed by atoms with van der Waals surface area (Å²) in [7, 11) is 0. The Morgan fingerprint density at radius 1 is 1.22 bits per heavy atom. The monoisotopic (exact) mass is 322 g/mol. The van der Waals surface area contributed by atoms with E-state index < -0.39 is 34.7 Å². The molecule has 0 spiro atoms. The van der Waals surface area contributed by atoms with Crippen molar-refractivity contribution in [2.75, 3.05) is 6.54 Å². The molecular formula is C16H13F3N2O2. The largest absolute Gasteiger partial charge is 0.503 e. The Morgan fingerprint density at radius 2 is 1.87 bits per heavy atom. The Morgan fingerprint density at radius 3 is 2.48 bits per heavy atom. The number of rotatable bonds is 4. The second kappa shape index (κ2) is 5.57. The third-order valence-electron chi connectivity index (χ3n) is 4.11. The Bertz CT molecular complexity index is 762. The van der Waals surface area contributed by atoms with Gasteiger partial charge in [0.15, 0.2) is 17.4 Å². The van der Waals surface area contributed by atoms with Crippen LogP contribution in [0.3, 0.4) is 0 Å². The molecule has 1 amide bonds. The number of hydrogen-bond acceptors (Lipinski definition) is 3. The van der Waals surface area contributed by atoms with E-state index in [2.05, 4.69) is 10.3 Å². The van der Waals surface area contributed by atoms with E-state index in [9.17, 15) is 18.0 Å². The first kappa shape index (κ1) is 15.3. The van der Waals surface area contributed by atoms with Gasteiger partial charge in [-0.05, 0) is 36.6 Å². The van der Waals surface area contributed by atoms with Gasteiger partial charge in [-0.15, -0.1) is 0 Å². The maximum absolute atomic E-state index is 13.7. The molecule has 1 saturated carbocycles. The van der Waals surface area contributed by atoms with Crippen molar-refractivity contribution >= 4 is 5.91 Å². The van der Waals surface area contributed by atoms with E-state index in [0.29, 0.717) is 6.07 Å². The predicted octanol–water partition coefficient (Wildman–Crippen LogP) is 2.67. The van der Waals surface area contributed by atoms with Crippen LogP contribution in [-0.2, 0) is 5.41 Å². The number of aromatic nitrogens is 1. The summed E-state index contributed by atoms with van der Waals surface area (Å²) in [4.78, 5) is 16.0. The minimum atomic E-state index is -1.71. The van der Waals surface area contributed by atoms with Crippen molar-refractivity contribution in [2.45, 2.75) is 18.3 Å². The summed E-state index contributed by atoms with van der Waals surface area (Å²) in [5.41, 5.74) is 0.0312. The highest BCUT2D eigenvalue weighted by Crippen LogP contribution is 2.47. The summed E-state index contributed by atoms with van der Waals surface area (Å²) in [6, 6.07) is 4.11. The molecule has 1 heterocycles. The molecule has 0 saturated heterocycles. The predicted molar refractivity (Wildman–Crippen MR) is 75.5 cm³/mol. The highest BCUT2D eigenvalue weighted by Gasteiger charge is 2.44. The summed E-state index contributed by atoms with van der Waals surface area (Å²) in [5, 5.41) is 11.7. The second-order valence-corrected chi connectivity index (χ2v) is 5.58. The summed E-state index contributed by atoms with van der Waals surface area (Å²) in [5.74, 6) is -7.07. The normalized spacial score (nSPS) is 15.3. The maximum atomic E-state index is 13.7. The summed E-state index contributed by atoms with van der Waals surface area (Å²) >= 11 is 0. The van der Waals surface area contributed by atoms with E-state index >= 15 is 0 Å². The third kappa shape index (κ3) is 2.74. The fourth-order valence-corrected chi connectivity index (χ4v) is 2.52. The first-order valence-electron chi connectivity index (χ1n) is 7.00. The molecule has 0 aliphatic heterocycles. The van der Waals surface area contributed by atoms with Crippen molar-refractivity contribution in [1.29, 1.82) is 0 Å². The summed E-state index contributed by atoms with van der Waals surface area (Å²) in [6.07, 6.45) is 4.99. The first-order valence-corrected chi connectivity index (χ1v) is 7.00. The van der Waals surface area contributed by atoms with E-state index in [0.717, 1.165) is 18.4 Å². The minimum Gasteiger partial charge on any atom is -0.503 e. The van der Waals surface area contributed by atoms with Crippen molar-refractivity contribution in [3.05, 3.63) is 59.2 Å². The first-order chi connectivity index (χ1) is 10.9. The highest BCUT2D eigenvalue weighted by atomic mass is 19.2. The zero-order valence-corrected chi connectivity index (χ0v) is 11.9. The van der Waals surface area contributed by atoms with Crippen LogP contribution in [0.4, 0.5) is 13.2 Å². The van der Waals surface area contributed by atoms with Crippen LogP contribution in [0.2, 0.25) is 0 Å². The number of benzene rings is 1. The van der Waals surface area contributed by atoms with Gasteiger partial charge in [-0.25, -0.2) is 8.78 Å². The van der Waals surface area contributed by atoms with Crippen LogP contribution in [0, 0.1) is 17.5 Å². The molecule has 1 aromatic carbocycles. The molecule has 1 fully saturated rings. The lowest BCUT2D eigenvalue weighted by atomic mass is 9.97. The fourth-order valence-electron chi connectivity index (χ4n) is 2.52. The Labute approximate surface area is 130 Å². The lowest BCUT2D eigenvalue weighted by Gasteiger charge is -2.16. The van der Waals surface area contributed by atoms with Gasteiger partial charge in [0.25, 0.3) is 5.91 Å². The molecule has 0 unspecified atom stereocenters. The molecule has 0 radical (unpaired) electrons. The van der Waals surface area contributed by atoms with E-state index in [4.69, 9.17) is 5.11 Å². The van der Waals surface area contributed by atoms with E-state index in [1.807, 2.05) is 12.1 Å². The standard InChI is InChI=1S/C16H13F3N2O2/c17-11-7-10(12(18)14(22)13(11)19)15(23)21-8-16(3-4-16)9-1-5-20-6-2-9/h1-2,5-7,22H,3-4,8H2,(H,21,23). The van der Waals surface area contributed by atoms with Crippen molar-refractivity contribution in [1.82, 2.24) is 10.3 Å². The van der Waals surface area contributed by atoms with Crippen molar-refractivity contribution in [2.24, 2.45) is 0 Å². The van der Waals surface area contributed by atoms with Gasteiger partial charge in [-0.3, -0.25) is 9.78 Å². The van der Waals surface area contributed by atoms with Crippen molar-refractivity contribution < 1.29 is 23.1 Å². The van der Waals surface area contributed by atoms with Gasteiger partial charge in [-0.1, -0.05) is 0 Å². The van der Waals surface area contributed by atoms with Crippen LogP contribution in [0.1, 0.15) is 28.8 Å². The topological polar surface area (TPSA) is 62.2 Å². The van der Waals surface area contributed by atoms with Crippen LogP contribution in [0.5, 0.6) is 5.75 Å². The molecule has 1 aromatic heterocycles. The van der Waals surface area contributed by atoms with Gasteiger partial charge in [0, 0.05) is 24.4 Å². The lowest BCUT2D eigenvalue weighted by molar-refractivity contribution is 0.0944.